The number of imidazole rings is 1. The molecule has 1 amide bonds. The zero-order valence-corrected chi connectivity index (χ0v) is 16.2. The summed E-state index contributed by atoms with van der Waals surface area (Å²) in [6.07, 6.45) is 3.65. The molecule has 0 aliphatic carbocycles. The lowest BCUT2D eigenvalue weighted by Gasteiger charge is -2.15. The van der Waals surface area contributed by atoms with Crippen LogP contribution < -0.4 is 5.32 Å². The molecule has 1 N–H and O–H groups in total. The highest BCUT2D eigenvalue weighted by Crippen LogP contribution is 2.22. The van der Waals surface area contributed by atoms with Gasteiger partial charge in [-0.15, -0.1) is 0 Å². The van der Waals surface area contributed by atoms with Crippen molar-refractivity contribution in [3.05, 3.63) is 65.1 Å². The Balaban J connectivity index is 1.80. The van der Waals surface area contributed by atoms with Gasteiger partial charge in [0.2, 0.25) is 0 Å². The van der Waals surface area contributed by atoms with Gasteiger partial charge in [-0.2, -0.15) is 0 Å². The number of pyridine rings is 1. The van der Waals surface area contributed by atoms with Crippen molar-refractivity contribution in [1.82, 2.24) is 19.2 Å². The van der Waals surface area contributed by atoms with Gasteiger partial charge in [-0.1, -0.05) is 22.1 Å². The first kappa shape index (κ1) is 19.3. The fourth-order valence-corrected chi connectivity index (χ4v) is 3.63. The smallest absolute Gasteiger partial charge is 0.264 e. The predicted molar refractivity (Wildman–Crippen MR) is 99.8 cm³/mol. The molecule has 0 bridgehead atoms. The van der Waals surface area contributed by atoms with E-state index in [1.807, 2.05) is 28.8 Å². The van der Waals surface area contributed by atoms with Gasteiger partial charge in [-0.05, 0) is 30.3 Å². The van der Waals surface area contributed by atoms with Crippen LogP contribution in [-0.4, -0.2) is 42.3 Å². The number of carbonyl (C=O) groups excluding carboxylic acids is 1. The second-order valence-electron chi connectivity index (χ2n) is 5.62. The Morgan fingerprint density at radius 1 is 1.33 bits per heavy atom. The van der Waals surface area contributed by atoms with E-state index in [4.69, 9.17) is 16.4 Å². The molecule has 0 saturated heterocycles. The molecule has 3 rings (SSSR count). The summed E-state index contributed by atoms with van der Waals surface area (Å²) in [6.45, 7) is 0.172. The van der Waals surface area contributed by atoms with Crippen molar-refractivity contribution < 1.29 is 18.0 Å². The Bertz CT molecular complexity index is 1060. The molecule has 10 heteroatoms. The Kier molecular flexibility index (Phi) is 5.47. The molecule has 2 heterocycles. The van der Waals surface area contributed by atoms with Crippen LogP contribution >= 0.6 is 11.6 Å². The Morgan fingerprint density at radius 2 is 2.11 bits per heavy atom. The van der Waals surface area contributed by atoms with E-state index in [2.05, 4.69) is 10.3 Å². The highest BCUT2D eigenvalue weighted by Gasteiger charge is 2.23. The number of sulfonamides is 1. The number of fused-ring (bicyclic) bond motifs is 1. The van der Waals surface area contributed by atoms with Crippen LogP contribution in [-0.2, 0) is 21.4 Å². The molecule has 0 fully saturated rings. The lowest BCUT2D eigenvalue weighted by Crippen LogP contribution is -2.27. The van der Waals surface area contributed by atoms with Crippen molar-refractivity contribution in [3.63, 3.8) is 0 Å². The molecule has 0 radical (unpaired) electrons. The molecular weight excluding hydrogens is 392 g/mol. The van der Waals surface area contributed by atoms with Gasteiger partial charge in [0.05, 0.1) is 34.8 Å². The van der Waals surface area contributed by atoms with Crippen molar-refractivity contribution in [2.24, 2.45) is 0 Å². The fraction of sp³-hybridized carbons (Fsp3) is 0.176. The average Bonchev–Trinajstić information content (AvgIpc) is 3.08. The summed E-state index contributed by atoms with van der Waals surface area (Å²) < 4.78 is 27.2. The first-order valence-corrected chi connectivity index (χ1v) is 9.68. The van der Waals surface area contributed by atoms with E-state index < -0.39 is 15.9 Å². The first-order valence-electron chi connectivity index (χ1n) is 7.86. The zero-order valence-electron chi connectivity index (χ0n) is 14.6. The molecule has 0 unspecified atom stereocenters. The quantitative estimate of drug-likeness (QED) is 0.630. The maximum absolute atomic E-state index is 12.5. The number of hydrogen-bond donors (Lipinski definition) is 1. The van der Waals surface area contributed by atoms with E-state index >= 15 is 0 Å². The van der Waals surface area contributed by atoms with Gasteiger partial charge in [-0.25, -0.2) is 13.4 Å². The summed E-state index contributed by atoms with van der Waals surface area (Å²) in [5, 5.41) is 2.84. The third-order valence-electron chi connectivity index (χ3n) is 3.92. The van der Waals surface area contributed by atoms with Crippen LogP contribution in [0.1, 0.15) is 16.1 Å². The van der Waals surface area contributed by atoms with Crippen molar-refractivity contribution in [2.45, 2.75) is 11.4 Å². The molecule has 0 saturated carbocycles. The standard InChI is InChI=1S/C17H17ClN4O4S/c1-21(26-2)27(24,25)13-6-7-15(18)14(9-13)17(23)19-10-12-11-22-8-4-3-5-16(22)20-12/h3-9,11H,10H2,1-2H3,(H,19,23). The summed E-state index contributed by atoms with van der Waals surface area (Å²) in [5.41, 5.74) is 1.47. The lowest BCUT2D eigenvalue weighted by atomic mass is 10.2. The van der Waals surface area contributed by atoms with Gasteiger partial charge in [0.15, 0.2) is 0 Å². The molecule has 8 nitrogen and oxygen atoms in total. The molecule has 0 aliphatic rings. The van der Waals surface area contributed by atoms with Gasteiger partial charge < -0.3 is 9.72 Å². The van der Waals surface area contributed by atoms with Gasteiger partial charge in [0.1, 0.15) is 5.65 Å². The van der Waals surface area contributed by atoms with Crippen molar-refractivity contribution in [3.8, 4) is 0 Å². The summed E-state index contributed by atoms with van der Waals surface area (Å²) in [6, 6.07) is 9.48. The number of nitrogens with zero attached hydrogens (tertiary/aromatic N) is 3. The van der Waals surface area contributed by atoms with E-state index in [0.717, 1.165) is 5.65 Å². The van der Waals surface area contributed by atoms with Gasteiger partial charge in [0.25, 0.3) is 15.9 Å². The normalized spacial score (nSPS) is 11.9. The van der Waals surface area contributed by atoms with Crippen molar-refractivity contribution in [2.75, 3.05) is 14.2 Å². The first-order chi connectivity index (χ1) is 12.8. The van der Waals surface area contributed by atoms with E-state index in [1.165, 1.54) is 32.4 Å². The molecule has 0 aliphatic heterocycles. The van der Waals surface area contributed by atoms with Gasteiger partial charge >= 0.3 is 0 Å². The number of nitrogens with one attached hydrogen (secondary N) is 1. The SMILES string of the molecule is CON(C)S(=O)(=O)c1ccc(Cl)c(C(=O)NCc2cn3ccccc3n2)c1. The maximum Gasteiger partial charge on any atom is 0.264 e. The van der Waals surface area contributed by atoms with Crippen LogP contribution in [0.4, 0.5) is 0 Å². The monoisotopic (exact) mass is 408 g/mol. The topological polar surface area (TPSA) is 93.0 Å². The number of benzene rings is 1. The molecule has 3 aromatic rings. The number of hydrogen-bond acceptors (Lipinski definition) is 5. The number of rotatable bonds is 6. The Morgan fingerprint density at radius 3 is 2.81 bits per heavy atom. The van der Waals surface area contributed by atoms with E-state index in [9.17, 15) is 13.2 Å². The van der Waals surface area contributed by atoms with Crippen molar-refractivity contribution >= 4 is 33.2 Å². The zero-order chi connectivity index (χ0) is 19.6. The average molecular weight is 409 g/mol. The summed E-state index contributed by atoms with van der Waals surface area (Å²) in [4.78, 5) is 21.5. The Hall–Kier alpha value is -2.46. The number of halogens is 1. The third kappa shape index (κ3) is 3.96. The third-order valence-corrected chi connectivity index (χ3v) is 5.93. The number of amides is 1. The molecule has 0 spiro atoms. The van der Waals surface area contributed by atoms with Crippen molar-refractivity contribution in [1.29, 1.82) is 0 Å². The van der Waals surface area contributed by atoms with Crippen LogP contribution in [0.3, 0.4) is 0 Å². The largest absolute Gasteiger partial charge is 0.346 e. The molecule has 1 aromatic carbocycles. The molecule has 27 heavy (non-hydrogen) atoms. The van der Waals surface area contributed by atoms with Crippen LogP contribution in [0.5, 0.6) is 0 Å². The fourth-order valence-electron chi connectivity index (χ4n) is 2.42. The van der Waals surface area contributed by atoms with Gasteiger partial charge in [-0.3, -0.25) is 9.63 Å². The molecule has 142 valence electrons. The minimum atomic E-state index is -3.89. The summed E-state index contributed by atoms with van der Waals surface area (Å²) in [7, 11) is -1.40. The van der Waals surface area contributed by atoms with Crippen LogP contribution in [0, 0.1) is 0 Å². The lowest BCUT2D eigenvalue weighted by molar-refractivity contribution is -0.0258. The maximum atomic E-state index is 12.5. The minimum absolute atomic E-state index is 0.0472. The number of carbonyl (C=O) groups is 1. The summed E-state index contributed by atoms with van der Waals surface area (Å²) in [5.74, 6) is -0.505. The summed E-state index contributed by atoms with van der Waals surface area (Å²) >= 11 is 6.08. The predicted octanol–water partition coefficient (Wildman–Crippen LogP) is 2.10. The molecular formula is C17H17ClN4O4S. The van der Waals surface area contributed by atoms with E-state index in [1.54, 1.807) is 6.20 Å². The van der Waals surface area contributed by atoms with Gasteiger partial charge in [0, 0.05) is 19.4 Å². The second kappa shape index (κ2) is 7.65. The highest BCUT2D eigenvalue weighted by molar-refractivity contribution is 7.89. The molecule has 0 atom stereocenters. The highest BCUT2D eigenvalue weighted by atomic mass is 35.5. The number of hydroxylamine groups is 1. The number of aromatic nitrogens is 2. The van der Waals surface area contributed by atoms with Crippen LogP contribution in [0.2, 0.25) is 5.02 Å². The minimum Gasteiger partial charge on any atom is -0.346 e. The Labute approximate surface area is 161 Å². The van der Waals surface area contributed by atoms with Crippen LogP contribution in [0.25, 0.3) is 5.65 Å². The molecule has 2 aromatic heterocycles. The second-order valence-corrected chi connectivity index (χ2v) is 7.96. The van der Waals surface area contributed by atoms with E-state index in [-0.39, 0.29) is 22.0 Å². The van der Waals surface area contributed by atoms with E-state index in [0.29, 0.717) is 10.2 Å². The van der Waals surface area contributed by atoms with Crippen LogP contribution in [0.15, 0.2) is 53.7 Å².